The third-order valence-electron chi connectivity index (χ3n) is 3.42. The summed E-state index contributed by atoms with van der Waals surface area (Å²) in [6.07, 6.45) is 1.77. The lowest BCUT2D eigenvalue weighted by molar-refractivity contribution is -0.147. The van der Waals surface area contributed by atoms with E-state index >= 15 is 0 Å². The fourth-order valence-electron chi connectivity index (χ4n) is 1.54. The zero-order valence-electron chi connectivity index (χ0n) is 10.7. The predicted molar refractivity (Wildman–Crippen MR) is 61.8 cm³/mol. The molecule has 0 bridgehead atoms. The monoisotopic (exact) mass is 244 g/mol. The molecule has 0 aromatic heterocycles. The SMILES string of the molecule is COC1CC(NC(=O)N(C)C(C)(C)C(=O)O)C1. The van der Waals surface area contributed by atoms with Crippen molar-refractivity contribution in [2.75, 3.05) is 14.2 Å². The molecule has 0 aromatic rings. The first kappa shape index (κ1) is 13.8. The van der Waals surface area contributed by atoms with Crippen LogP contribution in [0, 0.1) is 0 Å². The summed E-state index contributed by atoms with van der Waals surface area (Å²) in [4.78, 5) is 24.0. The number of rotatable bonds is 4. The number of carboxylic acid groups (broad SMARTS) is 1. The molecule has 1 aliphatic carbocycles. The van der Waals surface area contributed by atoms with Crippen molar-refractivity contribution in [1.82, 2.24) is 10.2 Å². The summed E-state index contributed by atoms with van der Waals surface area (Å²) in [5, 5.41) is 11.8. The Balaban J connectivity index is 2.46. The highest BCUT2D eigenvalue weighted by molar-refractivity contribution is 5.85. The molecule has 98 valence electrons. The molecular formula is C11H20N2O4. The molecule has 1 saturated carbocycles. The smallest absolute Gasteiger partial charge is 0.329 e. The number of ether oxygens (including phenoxy) is 1. The van der Waals surface area contributed by atoms with E-state index in [2.05, 4.69) is 5.32 Å². The van der Waals surface area contributed by atoms with Gasteiger partial charge in [-0.3, -0.25) is 0 Å². The molecule has 0 heterocycles. The molecule has 0 atom stereocenters. The number of aliphatic carboxylic acids is 1. The van der Waals surface area contributed by atoms with Crippen molar-refractivity contribution in [3.63, 3.8) is 0 Å². The Morgan fingerprint density at radius 2 is 1.94 bits per heavy atom. The summed E-state index contributed by atoms with van der Waals surface area (Å²) in [7, 11) is 3.12. The molecule has 2 amide bonds. The first-order valence-corrected chi connectivity index (χ1v) is 5.59. The van der Waals surface area contributed by atoms with E-state index in [-0.39, 0.29) is 18.2 Å². The lowest BCUT2D eigenvalue weighted by Crippen LogP contribution is -2.58. The number of carboxylic acids is 1. The van der Waals surface area contributed by atoms with Crippen LogP contribution in [0.25, 0.3) is 0 Å². The van der Waals surface area contributed by atoms with E-state index in [1.807, 2.05) is 0 Å². The quantitative estimate of drug-likeness (QED) is 0.761. The van der Waals surface area contributed by atoms with Crippen LogP contribution < -0.4 is 5.32 Å². The van der Waals surface area contributed by atoms with Crippen LogP contribution in [0.5, 0.6) is 0 Å². The van der Waals surface area contributed by atoms with Crippen molar-refractivity contribution < 1.29 is 19.4 Å². The van der Waals surface area contributed by atoms with Crippen LogP contribution >= 0.6 is 0 Å². The molecule has 0 saturated heterocycles. The highest BCUT2D eigenvalue weighted by Gasteiger charge is 2.37. The number of likely N-dealkylation sites (N-methyl/N-ethyl adjacent to an activating group) is 1. The highest BCUT2D eigenvalue weighted by Crippen LogP contribution is 2.23. The van der Waals surface area contributed by atoms with Crippen molar-refractivity contribution in [1.29, 1.82) is 0 Å². The van der Waals surface area contributed by atoms with Crippen LogP contribution in [-0.2, 0) is 9.53 Å². The summed E-state index contributed by atoms with van der Waals surface area (Å²) in [5.41, 5.74) is -1.21. The van der Waals surface area contributed by atoms with Crippen molar-refractivity contribution in [2.24, 2.45) is 0 Å². The zero-order valence-corrected chi connectivity index (χ0v) is 10.7. The number of hydrogen-bond acceptors (Lipinski definition) is 3. The molecule has 0 spiro atoms. The Bertz CT molecular complexity index is 311. The first-order valence-electron chi connectivity index (χ1n) is 5.59. The standard InChI is InChI=1S/C11H20N2O4/c1-11(2,9(14)15)13(3)10(16)12-7-5-8(6-7)17-4/h7-8H,5-6H2,1-4H3,(H,12,16)(H,14,15). The van der Waals surface area contributed by atoms with E-state index in [0.29, 0.717) is 0 Å². The van der Waals surface area contributed by atoms with Crippen molar-refractivity contribution >= 4 is 12.0 Å². The van der Waals surface area contributed by atoms with E-state index in [0.717, 1.165) is 12.8 Å². The van der Waals surface area contributed by atoms with Crippen LogP contribution in [0.1, 0.15) is 26.7 Å². The molecule has 0 radical (unpaired) electrons. The van der Waals surface area contributed by atoms with Gasteiger partial charge in [-0.15, -0.1) is 0 Å². The van der Waals surface area contributed by atoms with Crippen molar-refractivity contribution in [2.45, 2.75) is 44.4 Å². The Kier molecular flexibility index (Phi) is 3.98. The van der Waals surface area contributed by atoms with Crippen LogP contribution in [0.4, 0.5) is 4.79 Å². The molecular weight excluding hydrogens is 224 g/mol. The Labute approximate surface area is 101 Å². The number of carbonyl (C=O) groups is 2. The maximum Gasteiger partial charge on any atom is 0.329 e. The van der Waals surface area contributed by atoms with Gasteiger partial charge < -0.3 is 20.1 Å². The molecule has 6 heteroatoms. The fourth-order valence-corrected chi connectivity index (χ4v) is 1.54. The average Bonchev–Trinajstić information content (AvgIpc) is 2.20. The largest absolute Gasteiger partial charge is 0.480 e. The topological polar surface area (TPSA) is 78.9 Å². The van der Waals surface area contributed by atoms with Gasteiger partial charge in [0.2, 0.25) is 0 Å². The summed E-state index contributed by atoms with van der Waals surface area (Å²) < 4.78 is 5.10. The van der Waals surface area contributed by atoms with E-state index in [1.54, 1.807) is 7.11 Å². The van der Waals surface area contributed by atoms with Crippen molar-refractivity contribution in [3.05, 3.63) is 0 Å². The van der Waals surface area contributed by atoms with Gasteiger partial charge in [0, 0.05) is 20.2 Å². The minimum Gasteiger partial charge on any atom is -0.480 e. The second-order valence-corrected chi connectivity index (χ2v) is 4.90. The number of nitrogens with zero attached hydrogens (tertiary/aromatic N) is 1. The molecule has 0 aliphatic heterocycles. The fraction of sp³-hybridized carbons (Fsp3) is 0.818. The van der Waals surface area contributed by atoms with E-state index < -0.39 is 11.5 Å². The van der Waals surface area contributed by atoms with Crippen LogP contribution in [0.3, 0.4) is 0 Å². The normalized spacial score (nSPS) is 23.8. The van der Waals surface area contributed by atoms with Gasteiger partial charge in [-0.1, -0.05) is 0 Å². The highest BCUT2D eigenvalue weighted by atomic mass is 16.5. The Morgan fingerprint density at radius 3 is 2.35 bits per heavy atom. The van der Waals surface area contributed by atoms with Gasteiger partial charge in [0.05, 0.1) is 6.10 Å². The maximum atomic E-state index is 11.8. The predicted octanol–water partition coefficient (Wildman–Crippen LogP) is 0.668. The molecule has 1 rings (SSSR count). The summed E-state index contributed by atoms with van der Waals surface area (Å²) >= 11 is 0. The third kappa shape index (κ3) is 2.88. The van der Waals surface area contributed by atoms with Gasteiger partial charge in [0.1, 0.15) is 5.54 Å². The summed E-state index contributed by atoms with van der Waals surface area (Å²) in [5.74, 6) is -1.03. The van der Waals surface area contributed by atoms with Crippen LogP contribution in [0.15, 0.2) is 0 Å². The first-order chi connectivity index (χ1) is 7.78. The molecule has 0 aromatic carbocycles. The Hall–Kier alpha value is -1.30. The second kappa shape index (κ2) is 4.91. The van der Waals surface area contributed by atoms with E-state index in [9.17, 15) is 9.59 Å². The van der Waals surface area contributed by atoms with Gasteiger partial charge in [-0.2, -0.15) is 0 Å². The maximum absolute atomic E-state index is 11.8. The molecule has 1 fully saturated rings. The number of nitrogens with one attached hydrogen (secondary N) is 1. The second-order valence-electron chi connectivity index (χ2n) is 4.90. The number of amides is 2. The average molecular weight is 244 g/mol. The van der Waals surface area contributed by atoms with Crippen LogP contribution in [0.2, 0.25) is 0 Å². The lowest BCUT2D eigenvalue weighted by Gasteiger charge is -2.38. The van der Waals surface area contributed by atoms with Gasteiger partial charge in [-0.25, -0.2) is 9.59 Å². The zero-order chi connectivity index (χ0) is 13.2. The molecule has 1 aliphatic rings. The van der Waals surface area contributed by atoms with Crippen LogP contribution in [-0.4, -0.2) is 53.8 Å². The van der Waals surface area contributed by atoms with Gasteiger partial charge in [0.15, 0.2) is 0 Å². The number of carbonyl (C=O) groups excluding carboxylic acids is 1. The molecule has 6 nitrogen and oxygen atoms in total. The molecule has 17 heavy (non-hydrogen) atoms. The minimum absolute atomic E-state index is 0.0829. The van der Waals surface area contributed by atoms with E-state index in [4.69, 9.17) is 9.84 Å². The number of methoxy groups -OCH3 is 1. The third-order valence-corrected chi connectivity index (χ3v) is 3.42. The number of urea groups is 1. The van der Waals surface area contributed by atoms with Gasteiger partial charge in [0.25, 0.3) is 0 Å². The lowest BCUT2D eigenvalue weighted by atomic mass is 9.89. The molecule has 0 unspecified atom stereocenters. The van der Waals surface area contributed by atoms with Crippen molar-refractivity contribution in [3.8, 4) is 0 Å². The number of hydrogen-bond donors (Lipinski definition) is 2. The minimum atomic E-state index is -1.21. The van der Waals surface area contributed by atoms with Gasteiger partial charge in [-0.05, 0) is 26.7 Å². The summed E-state index contributed by atoms with van der Waals surface area (Å²) in [6, 6.07) is -0.281. The molecule has 2 N–H and O–H groups in total. The summed E-state index contributed by atoms with van der Waals surface area (Å²) in [6.45, 7) is 2.99. The van der Waals surface area contributed by atoms with Gasteiger partial charge >= 0.3 is 12.0 Å². The van der Waals surface area contributed by atoms with E-state index in [1.165, 1.54) is 25.8 Å². The Morgan fingerprint density at radius 1 is 1.41 bits per heavy atom.